The second kappa shape index (κ2) is 7.13. The van der Waals surface area contributed by atoms with Gasteiger partial charge in [-0.05, 0) is 12.1 Å². The zero-order valence-electron chi connectivity index (χ0n) is 12.2. The summed E-state index contributed by atoms with van der Waals surface area (Å²) in [5, 5.41) is 0.849. The van der Waals surface area contributed by atoms with Crippen molar-refractivity contribution < 1.29 is 4.79 Å². The van der Waals surface area contributed by atoms with Crippen molar-refractivity contribution in [3.8, 4) is 0 Å². The molecule has 0 saturated carbocycles. The first-order chi connectivity index (χ1) is 10.2. The second-order valence-corrected chi connectivity index (χ2v) is 5.55. The molecule has 0 aliphatic heterocycles. The minimum Gasteiger partial charge on any atom is -0.335 e. The van der Waals surface area contributed by atoms with Gasteiger partial charge in [0, 0.05) is 20.1 Å². The second-order valence-electron chi connectivity index (χ2n) is 4.61. The van der Waals surface area contributed by atoms with Crippen LogP contribution in [0.25, 0.3) is 11.0 Å². The van der Waals surface area contributed by atoms with Crippen LogP contribution in [0.3, 0.4) is 0 Å². The van der Waals surface area contributed by atoms with Crippen LogP contribution < -0.4 is 0 Å². The van der Waals surface area contributed by atoms with Crippen molar-refractivity contribution in [3.05, 3.63) is 49.6 Å². The van der Waals surface area contributed by atoms with Gasteiger partial charge in [-0.15, -0.1) is 13.2 Å². The Kier molecular flexibility index (Phi) is 5.22. The molecule has 2 rings (SSSR count). The Morgan fingerprint density at radius 1 is 1.33 bits per heavy atom. The molecular formula is C16H19N3OS. The monoisotopic (exact) mass is 301 g/mol. The molecule has 1 aromatic heterocycles. The first-order valence-corrected chi connectivity index (χ1v) is 7.69. The van der Waals surface area contributed by atoms with E-state index < -0.39 is 0 Å². The fourth-order valence-corrected chi connectivity index (χ4v) is 2.95. The van der Waals surface area contributed by atoms with Gasteiger partial charge in [-0.25, -0.2) is 4.98 Å². The molecule has 0 aliphatic carbocycles. The number of nitrogens with zero attached hydrogens (tertiary/aromatic N) is 3. The van der Waals surface area contributed by atoms with Gasteiger partial charge < -0.3 is 9.47 Å². The Bertz CT molecular complexity index is 653. The summed E-state index contributed by atoms with van der Waals surface area (Å²) in [5.41, 5.74) is 2.02. The van der Waals surface area contributed by atoms with Crippen molar-refractivity contribution in [1.82, 2.24) is 14.5 Å². The van der Waals surface area contributed by atoms with E-state index in [1.165, 1.54) is 11.8 Å². The van der Waals surface area contributed by atoms with Gasteiger partial charge in [0.25, 0.3) is 0 Å². The highest BCUT2D eigenvalue weighted by Crippen LogP contribution is 2.22. The van der Waals surface area contributed by atoms with Crippen LogP contribution in [0.15, 0.2) is 54.7 Å². The topological polar surface area (TPSA) is 38.1 Å². The molecular weight excluding hydrogens is 282 g/mol. The summed E-state index contributed by atoms with van der Waals surface area (Å²) < 4.78 is 2.01. The fraction of sp³-hybridized carbons (Fsp3) is 0.250. The van der Waals surface area contributed by atoms with Crippen LogP contribution in [0, 0.1) is 0 Å². The van der Waals surface area contributed by atoms with E-state index in [4.69, 9.17) is 0 Å². The van der Waals surface area contributed by atoms with Crippen molar-refractivity contribution in [3.63, 3.8) is 0 Å². The van der Waals surface area contributed by atoms with Crippen LogP contribution in [0.1, 0.15) is 0 Å². The lowest BCUT2D eigenvalue weighted by Crippen LogP contribution is -2.32. The Morgan fingerprint density at radius 3 is 2.62 bits per heavy atom. The van der Waals surface area contributed by atoms with Crippen LogP contribution in [0.5, 0.6) is 0 Å². The van der Waals surface area contributed by atoms with Gasteiger partial charge in [0.05, 0.1) is 16.8 Å². The van der Waals surface area contributed by atoms with E-state index in [0.29, 0.717) is 18.8 Å². The van der Waals surface area contributed by atoms with Crippen molar-refractivity contribution in [2.75, 3.05) is 18.8 Å². The van der Waals surface area contributed by atoms with Gasteiger partial charge >= 0.3 is 0 Å². The van der Waals surface area contributed by atoms with Crippen LogP contribution in [-0.2, 0) is 11.8 Å². The number of fused-ring (bicyclic) bond motifs is 1. The van der Waals surface area contributed by atoms with Gasteiger partial charge in [-0.2, -0.15) is 0 Å². The minimum atomic E-state index is 0.0619. The number of imidazole rings is 1. The molecule has 110 valence electrons. The molecule has 1 amide bonds. The van der Waals surface area contributed by atoms with Crippen LogP contribution in [0.2, 0.25) is 0 Å². The van der Waals surface area contributed by atoms with Crippen molar-refractivity contribution in [2.24, 2.45) is 7.05 Å². The van der Waals surface area contributed by atoms with Crippen molar-refractivity contribution in [1.29, 1.82) is 0 Å². The largest absolute Gasteiger partial charge is 0.335 e. The van der Waals surface area contributed by atoms with Crippen molar-refractivity contribution >= 4 is 28.7 Å². The fourth-order valence-electron chi connectivity index (χ4n) is 2.06. The molecule has 2 aromatic rings. The Balaban J connectivity index is 2.06. The van der Waals surface area contributed by atoms with E-state index in [2.05, 4.69) is 18.1 Å². The smallest absolute Gasteiger partial charge is 0.233 e. The highest BCUT2D eigenvalue weighted by atomic mass is 32.2. The standard InChI is InChI=1S/C16H19N3OS/c1-4-10-19(11-5-2)15(20)12-21-16-17-13-8-6-7-9-14(13)18(16)3/h4-9H,1-2,10-12H2,3H3. The Morgan fingerprint density at radius 2 is 2.00 bits per heavy atom. The summed E-state index contributed by atoms with van der Waals surface area (Å²) in [6, 6.07) is 7.95. The number of aromatic nitrogens is 2. The highest BCUT2D eigenvalue weighted by molar-refractivity contribution is 7.99. The zero-order chi connectivity index (χ0) is 15.2. The molecule has 1 aromatic carbocycles. The third kappa shape index (κ3) is 3.55. The van der Waals surface area contributed by atoms with Gasteiger partial charge in [0.15, 0.2) is 5.16 Å². The lowest BCUT2D eigenvalue weighted by atomic mass is 10.3. The van der Waals surface area contributed by atoms with Gasteiger partial charge in [0.2, 0.25) is 5.91 Å². The predicted molar refractivity (Wildman–Crippen MR) is 88.4 cm³/mol. The van der Waals surface area contributed by atoms with E-state index in [-0.39, 0.29) is 5.91 Å². The summed E-state index contributed by atoms with van der Waals surface area (Å²) in [4.78, 5) is 18.5. The van der Waals surface area contributed by atoms with Gasteiger partial charge in [0.1, 0.15) is 0 Å². The van der Waals surface area contributed by atoms with Gasteiger partial charge in [-0.1, -0.05) is 36.0 Å². The first-order valence-electron chi connectivity index (χ1n) is 6.71. The number of amides is 1. The molecule has 5 heteroatoms. The molecule has 0 radical (unpaired) electrons. The third-order valence-electron chi connectivity index (χ3n) is 3.12. The summed E-state index contributed by atoms with van der Waals surface area (Å²) >= 11 is 1.45. The molecule has 21 heavy (non-hydrogen) atoms. The number of rotatable bonds is 7. The Labute approximate surface area is 129 Å². The van der Waals surface area contributed by atoms with Crippen LogP contribution >= 0.6 is 11.8 Å². The van der Waals surface area contributed by atoms with Gasteiger partial charge in [-0.3, -0.25) is 4.79 Å². The highest BCUT2D eigenvalue weighted by Gasteiger charge is 2.14. The predicted octanol–water partition coefficient (Wildman–Crippen LogP) is 2.87. The van der Waals surface area contributed by atoms with E-state index in [1.807, 2.05) is 35.9 Å². The SMILES string of the molecule is C=CCN(CC=C)C(=O)CSc1nc2ccccc2n1C. The van der Waals surface area contributed by atoms with E-state index in [1.54, 1.807) is 17.1 Å². The quantitative estimate of drug-likeness (QED) is 0.583. The summed E-state index contributed by atoms with van der Waals surface area (Å²) in [5.74, 6) is 0.422. The average molecular weight is 301 g/mol. The minimum absolute atomic E-state index is 0.0619. The molecule has 0 bridgehead atoms. The number of hydrogen-bond acceptors (Lipinski definition) is 3. The maximum absolute atomic E-state index is 12.2. The Hall–Kier alpha value is -2.01. The molecule has 0 saturated heterocycles. The number of benzene rings is 1. The number of thioether (sulfide) groups is 1. The molecule has 0 spiro atoms. The summed E-state index contributed by atoms with van der Waals surface area (Å²) in [6.45, 7) is 8.42. The number of carbonyl (C=O) groups is 1. The molecule has 4 nitrogen and oxygen atoms in total. The molecule has 0 aliphatic rings. The van der Waals surface area contributed by atoms with E-state index >= 15 is 0 Å². The molecule has 1 heterocycles. The molecule has 0 atom stereocenters. The normalized spacial score (nSPS) is 10.5. The van der Waals surface area contributed by atoms with Crippen LogP contribution in [-0.4, -0.2) is 39.2 Å². The molecule has 0 fully saturated rings. The number of aryl methyl sites for hydroxylation is 1. The number of para-hydroxylation sites is 2. The maximum atomic E-state index is 12.2. The first kappa shape index (κ1) is 15.4. The maximum Gasteiger partial charge on any atom is 0.233 e. The summed E-state index contributed by atoms with van der Waals surface area (Å²) in [7, 11) is 1.97. The molecule has 0 unspecified atom stereocenters. The lowest BCUT2D eigenvalue weighted by molar-refractivity contribution is -0.127. The third-order valence-corrected chi connectivity index (χ3v) is 4.14. The molecule has 0 N–H and O–H groups in total. The number of hydrogen-bond donors (Lipinski definition) is 0. The average Bonchev–Trinajstić information content (AvgIpc) is 2.81. The lowest BCUT2D eigenvalue weighted by Gasteiger charge is -2.18. The zero-order valence-corrected chi connectivity index (χ0v) is 13.0. The van der Waals surface area contributed by atoms with E-state index in [0.717, 1.165) is 16.2 Å². The van der Waals surface area contributed by atoms with Crippen molar-refractivity contribution in [2.45, 2.75) is 5.16 Å². The summed E-state index contributed by atoms with van der Waals surface area (Å²) in [6.07, 6.45) is 3.45. The van der Waals surface area contributed by atoms with E-state index in [9.17, 15) is 4.79 Å². The van der Waals surface area contributed by atoms with Crippen LogP contribution in [0.4, 0.5) is 0 Å². The number of carbonyl (C=O) groups excluding carboxylic acids is 1.